The first-order valence-corrected chi connectivity index (χ1v) is 5.74. The van der Waals surface area contributed by atoms with Crippen molar-refractivity contribution >= 4 is 11.7 Å². The van der Waals surface area contributed by atoms with Crippen molar-refractivity contribution in [1.82, 2.24) is 4.98 Å². The van der Waals surface area contributed by atoms with E-state index in [1.54, 1.807) is 20.4 Å². The van der Waals surface area contributed by atoms with E-state index in [0.29, 0.717) is 31.9 Å². The molecule has 0 amide bonds. The van der Waals surface area contributed by atoms with E-state index in [1.165, 1.54) is 0 Å². The lowest BCUT2D eigenvalue weighted by Gasteiger charge is -2.24. The second kappa shape index (κ2) is 7.50. The topological polar surface area (TPSA) is 84.5 Å². The van der Waals surface area contributed by atoms with Crippen LogP contribution in [0, 0.1) is 5.41 Å². The van der Waals surface area contributed by atoms with Crippen LogP contribution in [0.25, 0.3) is 0 Å². The van der Waals surface area contributed by atoms with E-state index in [1.807, 2.05) is 17.0 Å². The predicted molar refractivity (Wildman–Crippen MR) is 71.4 cm³/mol. The van der Waals surface area contributed by atoms with E-state index in [2.05, 4.69) is 4.98 Å². The Kier molecular flexibility index (Phi) is 5.93. The van der Waals surface area contributed by atoms with Crippen LogP contribution in [-0.2, 0) is 4.74 Å². The number of hydrogen-bond acceptors (Lipinski definition) is 5. The molecule has 1 rings (SSSR count). The van der Waals surface area contributed by atoms with Gasteiger partial charge in [-0.05, 0) is 12.1 Å². The maximum Gasteiger partial charge on any atom is 0.171 e. The Morgan fingerprint density at radius 1 is 1.44 bits per heavy atom. The average Bonchev–Trinajstić information content (AvgIpc) is 2.38. The molecule has 6 heteroatoms. The van der Waals surface area contributed by atoms with Crippen LogP contribution in [0.5, 0.6) is 5.75 Å². The lowest BCUT2D eigenvalue weighted by atomic mass is 10.3. The van der Waals surface area contributed by atoms with Crippen LogP contribution in [0.2, 0.25) is 0 Å². The Labute approximate surface area is 107 Å². The van der Waals surface area contributed by atoms with Crippen molar-refractivity contribution < 1.29 is 9.47 Å². The minimum Gasteiger partial charge on any atom is -0.493 e. The molecular formula is C12H20N4O2. The van der Waals surface area contributed by atoms with Crippen molar-refractivity contribution in [2.75, 3.05) is 38.8 Å². The number of ether oxygens (including phenoxy) is 2. The van der Waals surface area contributed by atoms with E-state index in [-0.39, 0.29) is 5.84 Å². The number of nitrogens with two attached hydrogens (primary N) is 1. The van der Waals surface area contributed by atoms with E-state index in [4.69, 9.17) is 20.6 Å². The fourth-order valence-electron chi connectivity index (χ4n) is 1.56. The summed E-state index contributed by atoms with van der Waals surface area (Å²) in [5, 5.41) is 7.29. The van der Waals surface area contributed by atoms with Crippen molar-refractivity contribution in [3.8, 4) is 5.75 Å². The maximum atomic E-state index is 7.29. The number of hydrogen-bond donors (Lipinski definition) is 2. The van der Waals surface area contributed by atoms with E-state index in [9.17, 15) is 0 Å². The summed E-state index contributed by atoms with van der Waals surface area (Å²) >= 11 is 0. The SMILES string of the molecule is COCCN(CCC(=N)N)c1ncccc1OC. The molecule has 6 nitrogen and oxygen atoms in total. The molecule has 0 fully saturated rings. The smallest absolute Gasteiger partial charge is 0.171 e. The number of rotatable bonds is 8. The van der Waals surface area contributed by atoms with E-state index < -0.39 is 0 Å². The molecule has 1 aromatic heterocycles. The molecule has 0 radical (unpaired) electrons. The standard InChI is InChI=1S/C12H20N4O2/c1-17-9-8-16(7-5-11(13)14)12-10(18-2)4-3-6-15-12/h3-4,6H,5,7-9H2,1-2H3,(H3,13,14). The number of nitrogens with zero attached hydrogens (tertiary/aromatic N) is 2. The second-order valence-electron chi connectivity index (χ2n) is 3.78. The number of amidine groups is 1. The lowest BCUT2D eigenvalue weighted by Crippen LogP contribution is -2.31. The Morgan fingerprint density at radius 2 is 2.22 bits per heavy atom. The van der Waals surface area contributed by atoms with Gasteiger partial charge >= 0.3 is 0 Å². The van der Waals surface area contributed by atoms with Gasteiger partial charge in [0.25, 0.3) is 0 Å². The van der Waals surface area contributed by atoms with E-state index in [0.717, 1.165) is 5.82 Å². The third kappa shape index (κ3) is 4.21. The highest BCUT2D eigenvalue weighted by atomic mass is 16.5. The monoisotopic (exact) mass is 252 g/mol. The Morgan fingerprint density at radius 3 is 2.83 bits per heavy atom. The molecule has 0 saturated heterocycles. The highest BCUT2D eigenvalue weighted by Gasteiger charge is 2.13. The Hall–Kier alpha value is -1.82. The quantitative estimate of drug-likeness (QED) is 0.529. The normalized spacial score (nSPS) is 10.1. The van der Waals surface area contributed by atoms with Crippen molar-refractivity contribution in [3.05, 3.63) is 18.3 Å². The highest BCUT2D eigenvalue weighted by molar-refractivity contribution is 5.77. The molecule has 0 atom stereocenters. The molecule has 1 heterocycles. The third-order valence-corrected chi connectivity index (χ3v) is 2.49. The van der Waals surface area contributed by atoms with Crippen LogP contribution in [0.4, 0.5) is 5.82 Å². The van der Waals surface area contributed by atoms with Crippen molar-refractivity contribution in [3.63, 3.8) is 0 Å². The largest absolute Gasteiger partial charge is 0.493 e. The zero-order valence-corrected chi connectivity index (χ0v) is 10.8. The zero-order chi connectivity index (χ0) is 13.4. The average molecular weight is 252 g/mol. The zero-order valence-electron chi connectivity index (χ0n) is 10.8. The second-order valence-corrected chi connectivity index (χ2v) is 3.78. The van der Waals surface area contributed by atoms with Crippen LogP contribution in [0.1, 0.15) is 6.42 Å². The fraction of sp³-hybridized carbons (Fsp3) is 0.500. The van der Waals surface area contributed by atoms with Gasteiger partial charge in [0.05, 0.1) is 19.6 Å². The van der Waals surface area contributed by atoms with Gasteiger partial charge in [0, 0.05) is 32.8 Å². The molecule has 0 unspecified atom stereocenters. The molecule has 3 N–H and O–H groups in total. The van der Waals surface area contributed by atoms with Crippen LogP contribution in [-0.4, -0.2) is 44.7 Å². The van der Waals surface area contributed by atoms with Gasteiger partial charge in [-0.25, -0.2) is 4.98 Å². The number of nitrogens with one attached hydrogen (secondary N) is 1. The maximum absolute atomic E-state index is 7.29. The summed E-state index contributed by atoms with van der Waals surface area (Å²) < 4.78 is 10.4. The minimum atomic E-state index is 0.160. The summed E-state index contributed by atoms with van der Waals surface area (Å²) in [7, 11) is 3.26. The van der Waals surface area contributed by atoms with Gasteiger partial charge in [0.15, 0.2) is 11.6 Å². The number of anilines is 1. The minimum absolute atomic E-state index is 0.160. The van der Waals surface area contributed by atoms with Gasteiger partial charge in [-0.1, -0.05) is 0 Å². The molecule has 1 aromatic rings. The summed E-state index contributed by atoms with van der Waals surface area (Å²) in [6.07, 6.45) is 2.20. The Bertz CT molecular complexity index is 384. The first-order valence-electron chi connectivity index (χ1n) is 5.74. The molecule has 100 valence electrons. The molecular weight excluding hydrogens is 232 g/mol. The van der Waals surface area contributed by atoms with Gasteiger partial charge in [-0.2, -0.15) is 0 Å². The van der Waals surface area contributed by atoms with Crippen LogP contribution in [0.3, 0.4) is 0 Å². The van der Waals surface area contributed by atoms with Crippen molar-refractivity contribution in [2.45, 2.75) is 6.42 Å². The summed E-state index contributed by atoms with van der Waals surface area (Å²) in [4.78, 5) is 6.32. The lowest BCUT2D eigenvalue weighted by molar-refractivity contribution is 0.205. The molecule has 0 saturated carbocycles. The first kappa shape index (κ1) is 14.2. The predicted octanol–water partition coefficient (Wildman–Crippen LogP) is 0.869. The summed E-state index contributed by atoms with van der Waals surface area (Å²) in [5.74, 6) is 1.61. The highest BCUT2D eigenvalue weighted by Crippen LogP contribution is 2.24. The molecule has 0 spiro atoms. The summed E-state index contributed by atoms with van der Waals surface area (Å²) in [5.41, 5.74) is 5.39. The van der Waals surface area contributed by atoms with Crippen molar-refractivity contribution in [1.29, 1.82) is 5.41 Å². The molecule has 0 aliphatic heterocycles. The van der Waals surface area contributed by atoms with E-state index >= 15 is 0 Å². The molecule has 0 aromatic carbocycles. The van der Waals surface area contributed by atoms with Crippen LogP contribution >= 0.6 is 0 Å². The fourth-order valence-corrected chi connectivity index (χ4v) is 1.56. The summed E-state index contributed by atoms with van der Waals surface area (Å²) in [6.45, 7) is 1.88. The van der Waals surface area contributed by atoms with Gasteiger partial charge in [-0.15, -0.1) is 0 Å². The molecule has 0 aliphatic carbocycles. The van der Waals surface area contributed by atoms with Gasteiger partial charge in [0.1, 0.15) is 0 Å². The van der Waals surface area contributed by atoms with Gasteiger partial charge in [-0.3, -0.25) is 5.41 Å². The molecule has 18 heavy (non-hydrogen) atoms. The van der Waals surface area contributed by atoms with Crippen molar-refractivity contribution in [2.24, 2.45) is 5.73 Å². The molecule has 0 bridgehead atoms. The van der Waals surface area contributed by atoms with Crippen LogP contribution < -0.4 is 15.4 Å². The number of pyridine rings is 1. The third-order valence-electron chi connectivity index (χ3n) is 2.49. The number of aromatic nitrogens is 1. The molecule has 0 aliphatic rings. The summed E-state index contributed by atoms with van der Waals surface area (Å²) in [6, 6.07) is 3.68. The number of methoxy groups -OCH3 is 2. The van der Waals surface area contributed by atoms with Gasteiger partial charge < -0.3 is 20.1 Å². The first-order chi connectivity index (χ1) is 8.69. The van der Waals surface area contributed by atoms with Gasteiger partial charge in [0.2, 0.25) is 0 Å². The Balaban J connectivity index is 2.82. The van der Waals surface area contributed by atoms with Crippen LogP contribution in [0.15, 0.2) is 18.3 Å².